The summed E-state index contributed by atoms with van der Waals surface area (Å²) in [6.07, 6.45) is 3.04. The van der Waals surface area contributed by atoms with Gasteiger partial charge < -0.3 is 9.73 Å². The Bertz CT molecular complexity index is 559. The highest BCUT2D eigenvalue weighted by Crippen LogP contribution is 2.31. The Balaban J connectivity index is 2.47. The number of hydrogen-bond donors (Lipinski definition) is 1. The summed E-state index contributed by atoms with van der Waals surface area (Å²) in [5.41, 5.74) is 2.67. The van der Waals surface area contributed by atoms with Crippen molar-refractivity contribution < 1.29 is 8.81 Å². The van der Waals surface area contributed by atoms with Crippen molar-refractivity contribution >= 4 is 11.0 Å². The third kappa shape index (κ3) is 2.81. The first-order chi connectivity index (χ1) is 9.19. The van der Waals surface area contributed by atoms with Crippen LogP contribution in [0.4, 0.5) is 4.39 Å². The molecule has 19 heavy (non-hydrogen) atoms. The van der Waals surface area contributed by atoms with Gasteiger partial charge in [-0.25, -0.2) is 4.39 Å². The van der Waals surface area contributed by atoms with Crippen molar-refractivity contribution in [2.45, 2.75) is 46.6 Å². The molecule has 0 saturated heterocycles. The molecule has 0 bridgehead atoms. The van der Waals surface area contributed by atoms with Crippen LogP contribution in [0.1, 0.15) is 43.6 Å². The Labute approximate surface area is 114 Å². The second-order valence-electron chi connectivity index (χ2n) is 5.00. The number of halogens is 1. The maximum Gasteiger partial charge on any atom is 0.170 e. The van der Waals surface area contributed by atoms with E-state index in [2.05, 4.69) is 19.2 Å². The van der Waals surface area contributed by atoms with Crippen molar-refractivity contribution in [2.75, 3.05) is 6.54 Å². The zero-order chi connectivity index (χ0) is 13.8. The molecule has 1 heterocycles. The lowest BCUT2D eigenvalue weighted by Crippen LogP contribution is -2.14. The second kappa shape index (κ2) is 6.20. The van der Waals surface area contributed by atoms with Gasteiger partial charge in [0.1, 0.15) is 5.76 Å². The molecule has 0 saturated carbocycles. The normalized spacial score (nSPS) is 11.4. The zero-order valence-electron chi connectivity index (χ0n) is 12.0. The van der Waals surface area contributed by atoms with Crippen LogP contribution in [0.2, 0.25) is 0 Å². The molecular formula is C16H22FNO. The van der Waals surface area contributed by atoms with Crippen LogP contribution in [-0.4, -0.2) is 6.54 Å². The van der Waals surface area contributed by atoms with Crippen LogP contribution in [-0.2, 0) is 13.0 Å². The Morgan fingerprint density at radius 1 is 1.21 bits per heavy atom. The fraction of sp³-hybridized carbons (Fsp3) is 0.500. The summed E-state index contributed by atoms with van der Waals surface area (Å²) in [7, 11) is 0. The van der Waals surface area contributed by atoms with Gasteiger partial charge in [0, 0.05) is 10.9 Å². The average Bonchev–Trinajstić information content (AvgIpc) is 2.75. The standard InChI is InChI=1S/C16H22FNO/c1-4-6-12-14(10-18-9-5-2)19-16-13(17)8-7-11(3)15(12)16/h7-8,18H,4-6,9-10H2,1-3H3. The first kappa shape index (κ1) is 14.1. The predicted octanol–water partition coefficient (Wildman–Crippen LogP) is 4.33. The van der Waals surface area contributed by atoms with E-state index in [4.69, 9.17) is 4.42 Å². The van der Waals surface area contributed by atoms with Crippen molar-refractivity contribution in [3.63, 3.8) is 0 Å². The molecule has 2 rings (SSSR count). The molecule has 0 unspecified atom stereocenters. The van der Waals surface area contributed by atoms with Gasteiger partial charge >= 0.3 is 0 Å². The molecule has 104 valence electrons. The number of nitrogens with one attached hydrogen (secondary N) is 1. The highest BCUT2D eigenvalue weighted by atomic mass is 19.1. The van der Waals surface area contributed by atoms with Crippen molar-refractivity contribution in [2.24, 2.45) is 0 Å². The SMILES string of the molecule is CCCNCc1oc2c(F)ccc(C)c2c1CCC. The largest absolute Gasteiger partial charge is 0.456 e. The van der Waals surface area contributed by atoms with Gasteiger partial charge in [-0.3, -0.25) is 0 Å². The molecule has 0 aliphatic rings. The van der Waals surface area contributed by atoms with E-state index < -0.39 is 0 Å². The summed E-state index contributed by atoms with van der Waals surface area (Å²) in [6.45, 7) is 7.90. The Hall–Kier alpha value is -1.35. The highest BCUT2D eigenvalue weighted by molar-refractivity contribution is 5.86. The van der Waals surface area contributed by atoms with Gasteiger partial charge in [-0.05, 0) is 37.9 Å². The van der Waals surface area contributed by atoms with Crippen molar-refractivity contribution in [1.29, 1.82) is 0 Å². The minimum Gasteiger partial charge on any atom is -0.456 e. The van der Waals surface area contributed by atoms with Gasteiger partial charge in [-0.2, -0.15) is 0 Å². The van der Waals surface area contributed by atoms with Crippen LogP contribution in [0.15, 0.2) is 16.5 Å². The van der Waals surface area contributed by atoms with E-state index in [0.29, 0.717) is 12.1 Å². The van der Waals surface area contributed by atoms with Gasteiger partial charge in [-0.15, -0.1) is 0 Å². The summed E-state index contributed by atoms with van der Waals surface area (Å²) in [5, 5.41) is 4.30. The molecule has 0 fully saturated rings. The molecule has 0 spiro atoms. The lowest BCUT2D eigenvalue weighted by atomic mass is 10.0. The van der Waals surface area contributed by atoms with Crippen LogP contribution >= 0.6 is 0 Å². The lowest BCUT2D eigenvalue weighted by Gasteiger charge is -2.04. The third-order valence-electron chi connectivity index (χ3n) is 3.39. The Morgan fingerprint density at radius 2 is 2.00 bits per heavy atom. The van der Waals surface area contributed by atoms with Crippen molar-refractivity contribution in [3.05, 3.63) is 34.8 Å². The zero-order valence-corrected chi connectivity index (χ0v) is 12.0. The maximum atomic E-state index is 13.9. The van der Waals surface area contributed by atoms with Crippen LogP contribution in [0, 0.1) is 12.7 Å². The van der Waals surface area contributed by atoms with E-state index in [0.717, 1.165) is 48.1 Å². The van der Waals surface area contributed by atoms with Crippen LogP contribution in [0.5, 0.6) is 0 Å². The Morgan fingerprint density at radius 3 is 2.68 bits per heavy atom. The van der Waals surface area contributed by atoms with Crippen molar-refractivity contribution in [3.8, 4) is 0 Å². The van der Waals surface area contributed by atoms with E-state index in [9.17, 15) is 4.39 Å². The molecule has 2 aromatic rings. The molecule has 0 atom stereocenters. The number of hydrogen-bond acceptors (Lipinski definition) is 2. The lowest BCUT2D eigenvalue weighted by molar-refractivity contribution is 0.490. The summed E-state index contributed by atoms with van der Waals surface area (Å²) < 4.78 is 19.6. The molecule has 1 aromatic carbocycles. The fourth-order valence-electron chi connectivity index (χ4n) is 2.49. The summed E-state index contributed by atoms with van der Waals surface area (Å²) in [6, 6.07) is 3.32. The van der Waals surface area contributed by atoms with E-state index >= 15 is 0 Å². The number of rotatable bonds is 6. The number of aryl methyl sites for hydroxylation is 2. The monoisotopic (exact) mass is 263 g/mol. The van der Waals surface area contributed by atoms with E-state index in [-0.39, 0.29) is 5.82 Å². The van der Waals surface area contributed by atoms with Crippen molar-refractivity contribution in [1.82, 2.24) is 5.32 Å². The topological polar surface area (TPSA) is 25.2 Å². The molecule has 1 N–H and O–H groups in total. The van der Waals surface area contributed by atoms with E-state index in [1.807, 2.05) is 13.0 Å². The van der Waals surface area contributed by atoms with Crippen LogP contribution in [0.25, 0.3) is 11.0 Å². The number of fused-ring (bicyclic) bond motifs is 1. The summed E-state index contributed by atoms with van der Waals surface area (Å²) >= 11 is 0. The average molecular weight is 263 g/mol. The van der Waals surface area contributed by atoms with E-state index in [1.165, 1.54) is 6.07 Å². The summed E-state index contributed by atoms with van der Waals surface area (Å²) in [5.74, 6) is 0.623. The molecule has 0 aliphatic carbocycles. The number of furan rings is 1. The molecule has 2 nitrogen and oxygen atoms in total. The van der Waals surface area contributed by atoms with Gasteiger partial charge in [0.2, 0.25) is 0 Å². The van der Waals surface area contributed by atoms with Crippen LogP contribution < -0.4 is 5.32 Å². The fourth-order valence-corrected chi connectivity index (χ4v) is 2.49. The molecule has 3 heteroatoms. The molecule has 0 amide bonds. The predicted molar refractivity (Wildman–Crippen MR) is 76.9 cm³/mol. The highest BCUT2D eigenvalue weighted by Gasteiger charge is 2.17. The van der Waals surface area contributed by atoms with Gasteiger partial charge in [0.25, 0.3) is 0 Å². The smallest absolute Gasteiger partial charge is 0.170 e. The minimum atomic E-state index is -0.264. The third-order valence-corrected chi connectivity index (χ3v) is 3.39. The first-order valence-corrected chi connectivity index (χ1v) is 7.09. The second-order valence-corrected chi connectivity index (χ2v) is 5.00. The first-order valence-electron chi connectivity index (χ1n) is 7.09. The quantitative estimate of drug-likeness (QED) is 0.785. The van der Waals surface area contributed by atoms with Gasteiger partial charge in [-0.1, -0.05) is 26.3 Å². The maximum absolute atomic E-state index is 13.9. The minimum absolute atomic E-state index is 0.264. The van der Waals surface area contributed by atoms with Crippen LogP contribution in [0.3, 0.4) is 0 Å². The number of benzene rings is 1. The molecular weight excluding hydrogens is 241 g/mol. The van der Waals surface area contributed by atoms with Gasteiger partial charge in [0.15, 0.2) is 11.4 Å². The molecule has 0 aliphatic heterocycles. The van der Waals surface area contributed by atoms with E-state index in [1.54, 1.807) is 0 Å². The molecule has 1 aromatic heterocycles. The summed E-state index contributed by atoms with van der Waals surface area (Å²) in [4.78, 5) is 0. The van der Waals surface area contributed by atoms with Gasteiger partial charge in [0.05, 0.1) is 6.54 Å². The molecule has 0 radical (unpaired) electrons. The Kier molecular flexibility index (Phi) is 4.59.